The number of alkyl halides is 2. The van der Waals surface area contributed by atoms with E-state index >= 15 is 0 Å². The Hall–Kier alpha value is -3.03. The molecule has 0 N–H and O–H groups in total. The van der Waals surface area contributed by atoms with Gasteiger partial charge in [0.15, 0.2) is 0 Å². The molecule has 0 aliphatic heterocycles. The van der Waals surface area contributed by atoms with Crippen LogP contribution in [0.25, 0.3) is 33.1 Å². The van der Waals surface area contributed by atoms with E-state index in [9.17, 15) is 8.78 Å². The first-order chi connectivity index (χ1) is 17.4. The highest BCUT2D eigenvalue weighted by Crippen LogP contribution is 2.45. The molecule has 36 heavy (non-hydrogen) atoms. The van der Waals surface area contributed by atoms with Gasteiger partial charge in [-0.05, 0) is 51.7 Å². The average Bonchev–Trinajstić information content (AvgIpc) is 3.43. The first-order valence-corrected chi connectivity index (χ1v) is 13.1. The van der Waals surface area contributed by atoms with Crippen LogP contribution in [0.1, 0.15) is 87.0 Å². The highest BCUT2D eigenvalue weighted by molar-refractivity contribution is 6.05. The third kappa shape index (κ3) is 3.85. The molecule has 0 saturated heterocycles. The van der Waals surface area contributed by atoms with Gasteiger partial charge in [0, 0.05) is 35.8 Å². The highest BCUT2D eigenvalue weighted by Gasteiger charge is 2.38. The standard InChI is InChI=1S/C28H32F2N4O2/c1-16-25(17(2)36-33-16)21-13-22-20(14-24(21)35-3)26-23(15-31-22)32-27(18-9-11-28(29,30)12-10-18)34(26)19-7-5-4-6-8-19/h13-15,18-19H,4-12H2,1-3H3. The molecule has 3 heterocycles. The molecule has 0 atom stereocenters. The van der Waals surface area contributed by atoms with Gasteiger partial charge in [-0.25, -0.2) is 13.8 Å². The zero-order chi connectivity index (χ0) is 25.0. The van der Waals surface area contributed by atoms with E-state index in [-0.39, 0.29) is 18.8 Å². The summed E-state index contributed by atoms with van der Waals surface area (Å²) in [6, 6.07) is 4.41. The molecular weight excluding hydrogens is 462 g/mol. The van der Waals surface area contributed by atoms with Gasteiger partial charge >= 0.3 is 0 Å². The maximum atomic E-state index is 14.0. The molecule has 2 aliphatic rings. The molecule has 0 amide bonds. The zero-order valence-electron chi connectivity index (χ0n) is 21.1. The third-order valence-corrected chi connectivity index (χ3v) is 8.19. The van der Waals surface area contributed by atoms with Crippen molar-refractivity contribution in [1.29, 1.82) is 0 Å². The lowest BCUT2D eigenvalue weighted by molar-refractivity contribution is -0.0390. The minimum Gasteiger partial charge on any atom is -0.496 e. The molecule has 0 radical (unpaired) electrons. The Bertz CT molecular complexity index is 1410. The van der Waals surface area contributed by atoms with Gasteiger partial charge in [0.25, 0.3) is 0 Å². The second kappa shape index (κ2) is 8.82. The smallest absolute Gasteiger partial charge is 0.248 e. The van der Waals surface area contributed by atoms with Gasteiger partial charge in [0.2, 0.25) is 5.92 Å². The normalized spacial score (nSPS) is 19.4. The second-order valence-corrected chi connectivity index (χ2v) is 10.5. The zero-order valence-corrected chi connectivity index (χ0v) is 21.1. The summed E-state index contributed by atoms with van der Waals surface area (Å²) in [6.07, 6.45) is 8.38. The van der Waals surface area contributed by atoms with Crippen LogP contribution in [-0.4, -0.2) is 32.7 Å². The molecular formula is C28H32F2N4O2. The van der Waals surface area contributed by atoms with E-state index in [1.807, 2.05) is 32.2 Å². The van der Waals surface area contributed by atoms with Gasteiger partial charge in [-0.1, -0.05) is 24.4 Å². The van der Waals surface area contributed by atoms with Crippen LogP contribution in [0.3, 0.4) is 0 Å². The first-order valence-electron chi connectivity index (χ1n) is 13.1. The Morgan fingerprint density at radius 3 is 2.44 bits per heavy atom. The Balaban J connectivity index is 1.57. The summed E-state index contributed by atoms with van der Waals surface area (Å²) in [5, 5.41) is 5.10. The lowest BCUT2D eigenvalue weighted by atomic mass is 9.85. The summed E-state index contributed by atoms with van der Waals surface area (Å²) < 4.78 is 41.7. The van der Waals surface area contributed by atoms with Crippen LogP contribution >= 0.6 is 0 Å². The van der Waals surface area contributed by atoms with E-state index < -0.39 is 5.92 Å². The van der Waals surface area contributed by atoms with Gasteiger partial charge in [-0.2, -0.15) is 0 Å². The van der Waals surface area contributed by atoms with Crippen LogP contribution in [0, 0.1) is 13.8 Å². The van der Waals surface area contributed by atoms with Gasteiger partial charge in [-0.15, -0.1) is 0 Å². The third-order valence-electron chi connectivity index (χ3n) is 8.19. The van der Waals surface area contributed by atoms with E-state index in [1.54, 1.807) is 7.11 Å². The molecule has 4 aromatic rings. The average molecular weight is 495 g/mol. The second-order valence-electron chi connectivity index (χ2n) is 10.5. The number of imidazole rings is 1. The van der Waals surface area contributed by atoms with E-state index in [2.05, 4.69) is 9.72 Å². The number of fused-ring (bicyclic) bond motifs is 3. The fourth-order valence-corrected chi connectivity index (χ4v) is 6.35. The maximum absolute atomic E-state index is 14.0. The number of aryl methyl sites for hydroxylation is 2. The molecule has 0 unspecified atom stereocenters. The lowest BCUT2D eigenvalue weighted by Crippen LogP contribution is -2.26. The SMILES string of the molecule is COc1cc2c(cc1-c1c(C)noc1C)ncc1nc(C3CCC(F)(F)CC3)n(C3CCCCC3)c12. The quantitative estimate of drug-likeness (QED) is 0.291. The Morgan fingerprint density at radius 2 is 1.78 bits per heavy atom. The Morgan fingerprint density at radius 1 is 1.03 bits per heavy atom. The molecule has 0 bridgehead atoms. The predicted molar refractivity (Wildman–Crippen MR) is 135 cm³/mol. The number of benzene rings is 1. The summed E-state index contributed by atoms with van der Waals surface area (Å²) in [5.41, 5.74) is 5.33. The topological polar surface area (TPSA) is 66.0 Å². The summed E-state index contributed by atoms with van der Waals surface area (Å²) in [5.74, 6) is -0.113. The maximum Gasteiger partial charge on any atom is 0.248 e. The summed E-state index contributed by atoms with van der Waals surface area (Å²) in [4.78, 5) is 9.84. The fraction of sp³-hybridized carbons (Fsp3) is 0.536. The predicted octanol–water partition coefficient (Wildman–Crippen LogP) is 7.66. The molecule has 2 fully saturated rings. The van der Waals surface area contributed by atoms with Crippen LogP contribution in [0.2, 0.25) is 0 Å². The number of nitrogens with zero attached hydrogens (tertiary/aromatic N) is 4. The van der Waals surface area contributed by atoms with Crippen molar-refractivity contribution in [3.8, 4) is 16.9 Å². The van der Waals surface area contributed by atoms with E-state index in [1.165, 1.54) is 19.3 Å². The van der Waals surface area contributed by atoms with Crippen LogP contribution in [-0.2, 0) is 0 Å². The van der Waals surface area contributed by atoms with Crippen LogP contribution in [0.4, 0.5) is 8.78 Å². The number of pyridine rings is 1. The number of hydrogen-bond donors (Lipinski definition) is 0. The Labute approximate surface area is 209 Å². The van der Waals surface area contributed by atoms with Gasteiger partial charge in [0.05, 0.1) is 35.6 Å². The van der Waals surface area contributed by atoms with Crippen molar-refractivity contribution in [2.75, 3.05) is 7.11 Å². The number of ether oxygens (including phenoxy) is 1. The van der Waals surface area contributed by atoms with Crippen molar-refractivity contribution in [1.82, 2.24) is 19.7 Å². The van der Waals surface area contributed by atoms with Gasteiger partial charge in [-0.3, -0.25) is 4.98 Å². The van der Waals surface area contributed by atoms with E-state index in [4.69, 9.17) is 19.2 Å². The number of hydrogen-bond acceptors (Lipinski definition) is 5. The molecule has 3 aromatic heterocycles. The Kier molecular flexibility index (Phi) is 5.73. The first kappa shape index (κ1) is 23.4. The molecule has 2 saturated carbocycles. The fourth-order valence-electron chi connectivity index (χ4n) is 6.35. The number of rotatable bonds is 4. The van der Waals surface area contributed by atoms with Crippen LogP contribution in [0.5, 0.6) is 5.75 Å². The molecule has 0 spiro atoms. The number of methoxy groups -OCH3 is 1. The van der Waals surface area contributed by atoms with Gasteiger partial charge < -0.3 is 13.8 Å². The van der Waals surface area contributed by atoms with Crippen molar-refractivity contribution < 1.29 is 18.0 Å². The highest BCUT2D eigenvalue weighted by atomic mass is 19.3. The largest absolute Gasteiger partial charge is 0.496 e. The van der Waals surface area contributed by atoms with Crippen molar-refractivity contribution in [2.45, 2.75) is 89.5 Å². The van der Waals surface area contributed by atoms with Crippen LogP contribution in [0.15, 0.2) is 22.9 Å². The number of halogens is 2. The van der Waals surface area contributed by atoms with E-state index in [0.717, 1.165) is 68.9 Å². The minimum atomic E-state index is -2.56. The molecule has 2 aliphatic carbocycles. The van der Waals surface area contributed by atoms with Crippen molar-refractivity contribution >= 4 is 21.9 Å². The van der Waals surface area contributed by atoms with E-state index in [0.29, 0.717) is 18.9 Å². The number of aromatic nitrogens is 4. The lowest BCUT2D eigenvalue weighted by Gasteiger charge is -2.31. The van der Waals surface area contributed by atoms with Gasteiger partial charge in [0.1, 0.15) is 22.9 Å². The molecule has 1 aromatic carbocycles. The molecule has 6 rings (SSSR count). The van der Waals surface area contributed by atoms with Crippen molar-refractivity contribution in [2.24, 2.45) is 0 Å². The minimum absolute atomic E-state index is 0.0393. The molecule has 8 heteroatoms. The summed E-state index contributed by atoms with van der Waals surface area (Å²) in [6.45, 7) is 3.82. The monoisotopic (exact) mass is 494 g/mol. The van der Waals surface area contributed by atoms with Crippen molar-refractivity contribution in [3.63, 3.8) is 0 Å². The van der Waals surface area contributed by atoms with Crippen LogP contribution < -0.4 is 4.74 Å². The molecule has 190 valence electrons. The summed E-state index contributed by atoms with van der Waals surface area (Å²) in [7, 11) is 1.67. The summed E-state index contributed by atoms with van der Waals surface area (Å²) >= 11 is 0. The van der Waals surface area contributed by atoms with Crippen molar-refractivity contribution in [3.05, 3.63) is 35.6 Å². The molecule has 6 nitrogen and oxygen atoms in total.